The van der Waals surface area contributed by atoms with Gasteiger partial charge in [0.25, 0.3) is 0 Å². The minimum Gasteiger partial charge on any atom is -0.377 e. The largest absolute Gasteiger partial charge is 0.377 e. The van der Waals surface area contributed by atoms with Crippen molar-refractivity contribution in [1.82, 2.24) is 0 Å². The molecule has 0 amide bonds. The smallest absolute Gasteiger partial charge is 0.0685 e. The van der Waals surface area contributed by atoms with Gasteiger partial charge >= 0.3 is 0 Å². The normalized spacial score (nSPS) is 10.3. The van der Waals surface area contributed by atoms with Crippen LogP contribution >= 0.6 is 11.6 Å². The third kappa shape index (κ3) is 9.91. The van der Waals surface area contributed by atoms with Gasteiger partial charge in [0.2, 0.25) is 0 Å². The van der Waals surface area contributed by atoms with Gasteiger partial charge < -0.3 is 4.74 Å². The van der Waals surface area contributed by atoms with E-state index in [4.69, 9.17) is 16.3 Å². The third-order valence-corrected chi connectivity index (χ3v) is 2.27. The summed E-state index contributed by atoms with van der Waals surface area (Å²) in [5, 5.41) is 0. The van der Waals surface area contributed by atoms with E-state index < -0.39 is 0 Å². The van der Waals surface area contributed by atoms with E-state index in [1.54, 1.807) is 0 Å². The fourth-order valence-corrected chi connectivity index (χ4v) is 1.14. The maximum Gasteiger partial charge on any atom is 0.0685 e. The Morgan fingerprint density at radius 2 is 1.92 bits per heavy atom. The van der Waals surface area contributed by atoms with Crippen LogP contribution in [-0.4, -0.2) is 19.1 Å². The number of halogens is 1. The maximum absolute atomic E-state index is 5.55. The second-order valence-corrected chi connectivity index (χ2v) is 3.62. The van der Waals surface area contributed by atoms with Crippen molar-refractivity contribution >= 4 is 11.6 Å². The van der Waals surface area contributed by atoms with Crippen LogP contribution in [0.3, 0.4) is 0 Å². The fraction of sp³-hybridized carbons (Fsp3) is 0.818. The van der Waals surface area contributed by atoms with Crippen molar-refractivity contribution in [3.63, 3.8) is 0 Å². The van der Waals surface area contributed by atoms with E-state index in [-0.39, 0.29) is 0 Å². The molecule has 0 aliphatic carbocycles. The molecule has 0 atom stereocenters. The predicted octanol–water partition coefficient (Wildman–Crippen LogP) is 3.77. The maximum atomic E-state index is 5.55. The Morgan fingerprint density at radius 3 is 2.54 bits per heavy atom. The van der Waals surface area contributed by atoms with E-state index in [0.29, 0.717) is 12.5 Å². The molecule has 0 saturated heterocycles. The Labute approximate surface area is 87.1 Å². The summed E-state index contributed by atoms with van der Waals surface area (Å²) < 4.78 is 5.38. The van der Waals surface area contributed by atoms with Crippen molar-refractivity contribution in [3.05, 3.63) is 12.2 Å². The highest BCUT2D eigenvalue weighted by molar-refractivity contribution is 6.19. The Bertz CT molecular complexity index is 123. The first-order valence-corrected chi connectivity index (χ1v) is 5.65. The molecule has 0 rings (SSSR count). The molecule has 13 heavy (non-hydrogen) atoms. The average Bonchev–Trinajstić information content (AvgIpc) is 2.16. The summed E-state index contributed by atoms with van der Waals surface area (Å²) in [5.74, 6) is 0.510. The van der Waals surface area contributed by atoms with Crippen molar-refractivity contribution in [2.24, 2.45) is 0 Å². The zero-order chi connectivity index (χ0) is 9.94. The summed E-state index contributed by atoms with van der Waals surface area (Å²) >= 11 is 5.55. The van der Waals surface area contributed by atoms with Gasteiger partial charge in [0.05, 0.1) is 6.61 Å². The van der Waals surface area contributed by atoms with Crippen molar-refractivity contribution < 1.29 is 4.74 Å². The predicted molar refractivity (Wildman–Crippen MR) is 59.4 cm³/mol. The molecule has 0 aliphatic heterocycles. The lowest BCUT2D eigenvalue weighted by molar-refractivity contribution is 0.151. The molecule has 0 fully saturated rings. The van der Waals surface area contributed by atoms with Crippen LogP contribution in [0.2, 0.25) is 0 Å². The molecular formula is C11H21ClO. The Kier molecular flexibility index (Phi) is 10.1. The highest BCUT2D eigenvalue weighted by atomic mass is 35.5. The molecule has 0 radical (unpaired) electrons. The summed E-state index contributed by atoms with van der Waals surface area (Å²) in [7, 11) is 0. The molecule has 0 bridgehead atoms. The van der Waals surface area contributed by atoms with Gasteiger partial charge in [0, 0.05) is 12.5 Å². The molecule has 0 unspecified atom stereocenters. The molecule has 0 aromatic heterocycles. The molecular weight excluding hydrogens is 184 g/mol. The van der Waals surface area contributed by atoms with Crippen LogP contribution in [-0.2, 0) is 4.74 Å². The number of hydrogen-bond donors (Lipinski definition) is 0. The Hall–Kier alpha value is -0.0100. The molecule has 0 heterocycles. The monoisotopic (exact) mass is 204 g/mol. The van der Waals surface area contributed by atoms with Gasteiger partial charge in [-0.2, -0.15) is 0 Å². The zero-order valence-electron chi connectivity index (χ0n) is 8.65. The highest BCUT2D eigenvalue weighted by Crippen LogP contribution is 2.03. The van der Waals surface area contributed by atoms with Gasteiger partial charge in [-0.3, -0.25) is 0 Å². The van der Waals surface area contributed by atoms with Gasteiger partial charge in [0.1, 0.15) is 0 Å². The van der Waals surface area contributed by atoms with Crippen LogP contribution in [0.1, 0.15) is 39.0 Å². The van der Waals surface area contributed by atoms with Crippen LogP contribution in [0.25, 0.3) is 0 Å². The Balaban J connectivity index is 2.95. The highest BCUT2D eigenvalue weighted by Gasteiger charge is 1.92. The van der Waals surface area contributed by atoms with Crippen LogP contribution in [0, 0.1) is 0 Å². The quantitative estimate of drug-likeness (QED) is 0.316. The van der Waals surface area contributed by atoms with Gasteiger partial charge in [0.15, 0.2) is 0 Å². The molecule has 1 nitrogen and oxygen atoms in total. The molecule has 0 N–H and O–H groups in total. The number of rotatable bonds is 9. The fourth-order valence-electron chi connectivity index (χ4n) is 1.06. The van der Waals surface area contributed by atoms with Gasteiger partial charge in [-0.1, -0.05) is 39.2 Å². The minimum absolute atomic E-state index is 0.510. The standard InChI is InChI=1S/C11H21ClO/c1-3-4-5-6-7-8-13-10-11(2)9-12/h2-10H2,1H3. The number of unbranched alkanes of at least 4 members (excludes halogenated alkanes) is 4. The van der Waals surface area contributed by atoms with E-state index in [9.17, 15) is 0 Å². The second kappa shape index (κ2) is 10.1. The van der Waals surface area contributed by atoms with Crippen LogP contribution in [0.15, 0.2) is 12.2 Å². The van der Waals surface area contributed by atoms with E-state index in [1.165, 1.54) is 25.7 Å². The first kappa shape index (κ1) is 13.0. The summed E-state index contributed by atoms with van der Waals surface area (Å²) in [5.41, 5.74) is 0.968. The molecule has 2 heteroatoms. The average molecular weight is 205 g/mol. The number of hydrogen-bond acceptors (Lipinski definition) is 1. The first-order chi connectivity index (χ1) is 6.31. The molecule has 0 spiro atoms. The van der Waals surface area contributed by atoms with Crippen LogP contribution in [0.4, 0.5) is 0 Å². The van der Waals surface area contributed by atoms with Gasteiger partial charge in [-0.05, 0) is 12.0 Å². The minimum atomic E-state index is 0.510. The number of ether oxygens (including phenoxy) is 1. The zero-order valence-corrected chi connectivity index (χ0v) is 9.41. The lowest BCUT2D eigenvalue weighted by Crippen LogP contribution is -2.00. The lowest BCUT2D eigenvalue weighted by Gasteiger charge is -2.04. The Morgan fingerprint density at radius 1 is 1.23 bits per heavy atom. The summed E-state index contributed by atoms with van der Waals surface area (Å²) in [6.45, 7) is 7.46. The topological polar surface area (TPSA) is 9.23 Å². The number of alkyl halides is 1. The van der Waals surface area contributed by atoms with E-state index in [2.05, 4.69) is 13.5 Å². The van der Waals surface area contributed by atoms with Crippen molar-refractivity contribution in [1.29, 1.82) is 0 Å². The second-order valence-electron chi connectivity index (χ2n) is 3.35. The SMILES string of the molecule is C=C(CCl)COCCCCCCC. The lowest BCUT2D eigenvalue weighted by atomic mass is 10.2. The van der Waals surface area contributed by atoms with Gasteiger partial charge in [-0.15, -0.1) is 11.6 Å². The van der Waals surface area contributed by atoms with E-state index >= 15 is 0 Å². The molecule has 0 aromatic rings. The molecule has 0 saturated carbocycles. The van der Waals surface area contributed by atoms with Gasteiger partial charge in [-0.25, -0.2) is 0 Å². The first-order valence-electron chi connectivity index (χ1n) is 5.11. The summed E-state index contributed by atoms with van der Waals surface area (Å²) in [4.78, 5) is 0. The van der Waals surface area contributed by atoms with E-state index in [1.807, 2.05) is 0 Å². The van der Waals surface area contributed by atoms with Crippen LogP contribution < -0.4 is 0 Å². The molecule has 78 valence electrons. The van der Waals surface area contributed by atoms with E-state index in [0.717, 1.165) is 18.6 Å². The summed E-state index contributed by atoms with van der Waals surface area (Å²) in [6.07, 6.45) is 6.41. The van der Waals surface area contributed by atoms with Crippen molar-refractivity contribution in [2.75, 3.05) is 19.1 Å². The van der Waals surface area contributed by atoms with Crippen LogP contribution in [0.5, 0.6) is 0 Å². The molecule has 0 aliphatic rings. The summed E-state index contributed by atoms with van der Waals surface area (Å²) in [6, 6.07) is 0. The molecule has 0 aromatic carbocycles. The van der Waals surface area contributed by atoms with Crippen molar-refractivity contribution in [3.8, 4) is 0 Å². The third-order valence-electron chi connectivity index (χ3n) is 1.89. The van der Waals surface area contributed by atoms with Crippen molar-refractivity contribution in [2.45, 2.75) is 39.0 Å².